The molecule has 1 aromatic carbocycles. The van der Waals surface area contributed by atoms with Crippen molar-refractivity contribution >= 4 is 22.2 Å². The number of rotatable bonds is 5. The van der Waals surface area contributed by atoms with Crippen LogP contribution >= 0.6 is 11.3 Å². The molecule has 0 saturated carbocycles. The Hall–Kier alpha value is -2.54. The summed E-state index contributed by atoms with van der Waals surface area (Å²) in [7, 11) is 1.62. The fourth-order valence-electron chi connectivity index (χ4n) is 3.08. The summed E-state index contributed by atoms with van der Waals surface area (Å²) in [6.45, 7) is 0.949. The quantitative estimate of drug-likeness (QED) is 0.761. The molecule has 1 atom stereocenters. The van der Waals surface area contributed by atoms with E-state index in [0.29, 0.717) is 19.6 Å². The first-order chi connectivity index (χ1) is 12.2. The third-order valence-corrected chi connectivity index (χ3v) is 5.14. The molecular weight excluding hydrogens is 338 g/mol. The van der Waals surface area contributed by atoms with E-state index in [9.17, 15) is 4.79 Å². The van der Waals surface area contributed by atoms with Crippen LogP contribution < -0.4 is 14.8 Å². The zero-order valence-electron chi connectivity index (χ0n) is 13.9. The summed E-state index contributed by atoms with van der Waals surface area (Å²) in [4.78, 5) is 17.9. The summed E-state index contributed by atoms with van der Waals surface area (Å²) in [6, 6.07) is 5.77. The van der Waals surface area contributed by atoms with Crippen molar-refractivity contribution in [3.8, 4) is 11.5 Å². The van der Waals surface area contributed by atoms with Crippen LogP contribution in [0.1, 0.15) is 11.3 Å². The van der Waals surface area contributed by atoms with Crippen molar-refractivity contribution < 1.29 is 14.3 Å². The predicted octanol–water partition coefficient (Wildman–Crippen LogP) is 2.31. The van der Waals surface area contributed by atoms with Gasteiger partial charge in [-0.1, -0.05) is 12.1 Å². The first kappa shape index (κ1) is 16.0. The van der Waals surface area contributed by atoms with Crippen molar-refractivity contribution in [1.29, 1.82) is 0 Å². The number of benzene rings is 1. The van der Waals surface area contributed by atoms with Gasteiger partial charge in [0.1, 0.15) is 6.61 Å². The standard InChI is InChI=1S/C18H19N3O3S/c1-23-15-4-2-3-12-9-13(11-24-16(12)15)17(22)19-6-5-14-10-21-7-8-25-18(21)20-14/h2-4,7-8,10,13H,5-6,9,11H2,1H3,(H,19,22). The topological polar surface area (TPSA) is 64.9 Å². The summed E-state index contributed by atoms with van der Waals surface area (Å²) in [5, 5.41) is 5.00. The Morgan fingerprint density at radius 2 is 2.44 bits per heavy atom. The molecule has 6 nitrogen and oxygen atoms in total. The largest absolute Gasteiger partial charge is 0.493 e. The molecule has 25 heavy (non-hydrogen) atoms. The minimum atomic E-state index is -0.176. The van der Waals surface area contributed by atoms with Gasteiger partial charge in [-0.25, -0.2) is 4.98 Å². The fourth-order valence-corrected chi connectivity index (χ4v) is 3.80. The van der Waals surface area contributed by atoms with Gasteiger partial charge in [-0.2, -0.15) is 0 Å². The van der Waals surface area contributed by atoms with Crippen LogP contribution in [0, 0.1) is 5.92 Å². The van der Waals surface area contributed by atoms with Crippen LogP contribution in [-0.4, -0.2) is 35.6 Å². The second-order valence-electron chi connectivity index (χ2n) is 6.03. The highest BCUT2D eigenvalue weighted by atomic mass is 32.1. The number of imidazole rings is 1. The SMILES string of the molecule is COc1cccc2c1OCC(C(=O)NCCc1cn3ccsc3n1)C2. The Bertz CT molecular complexity index is 873. The first-order valence-corrected chi connectivity index (χ1v) is 9.10. The second kappa shape index (κ2) is 6.76. The molecule has 0 aliphatic carbocycles. The van der Waals surface area contributed by atoms with Crippen molar-refractivity contribution in [3.63, 3.8) is 0 Å². The van der Waals surface area contributed by atoms with E-state index in [4.69, 9.17) is 9.47 Å². The lowest BCUT2D eigenvalue weighted by Crippen LogP contribution is -2.38. The van der Waals surface area contributed by atoms with E-state index >= 15 is 0 Å². The van der Waals surface area contributed by atoms with Crippen LogP contribution in [0.3, 0.4) is 0 Å². The highest BCUT2D eigenvalue weighted by molar-refractivity contribution is 7.15. The summed E-state index contributed by atoms with van der Waals surface area (Å²) in [6.07, 6.45) is 5.38. The minimum Gasteiger partial charge on any atom is -0.493 e. The number of amides is 1. The summed E-state index contributed by atoms with van der Waals surface area (Å²) < 4.78 is 13.1. The van der Waals surface area contributed by atoms with Crippen molar-refractivity contribution in [2.24, 2.45) is 5.92 Å². The number of hydrogen-bond acceptors (Lipinski definition) is 5. The van der Waals surface area contributed by atoms with Crippen LogP contribution in [0.15, 0.2) is 36.0 Å². The van der Waals surface area contributed by atoms with Crippen molar-refractivity contribution in [1.82, 2.24) is 14.7 Å². The third kappa shape index (κ3) is 3.19. The average molecular weight is 357 g/mol. The average Bonchev–Trinajstić information content (AvgIpc) is 3.22. The Morgan fingerprint density at radius 1 is 1.52 bits per heavy atom. The molecule has 4 rings (SSSR count). The van der Waals surface area contributed by atoms with Gasteiger partial charge in [-0.05, 0) is 18.1 Å². The number of ether oxygens (including phenoxy) is 2. The number of carbonyl (C=O) groups is 1. The number of hydrogen-bond donors (Lipinski definition) is 1. The van der Waals surface area contributed by atoms with Gasteiger partial charge in [-0.15, -0.1) is 11.3 Å². The number of carbonyl (C=O) groups excluding carboxylic acids is 1. The molecule has 1 unspecified atom stereocenters. The lowest BCUT2D eigenvalue weighted by Gasteiger charge is -2.25. The minimum absolute atomic E-state index is 0.0227. The van der Waals surface area contributed by atoms with Crippen molar-refractivity contribution in [2.75, 3.05) is 20.3 Å². The van der Waals surface area contributed by atoms with Crippen LogP contribution in [0.2, 0.25) is 0 Å². The fraction of sp³-hybridized carbons (Fsp3) is 0.333. The number of nitrogens with zero attached hydrogens (tertiary/aromatic N) is 2. The number of methoxy groups -OCH3 is 1. The predicted molar refractivity (Wildman–Crippen MR) is 95.5 cm³/mol. The molecule has 0 radical (unpaired) electrons. The number of aromatic nitrogens is 2. The van der Waals surface area contributed by atoms with Gasteiger partial charge in [0.25, 0.3) is 0 Å². The second-order valence-corrected chi connectivity index (χ2v) is 6.90. The van der Waals surface area contributed by atoms with Gasteiger partial charge >= 0.3 is 0 Å². The van der Waals surface area contributed by atoms with Gasteiger partial charge in [0, 0.05) is 30.7 Å². The van der Waals surface area contributed by atoms with E-state index in [0.717, 1.165) is 34.1 Å². The number of thiazole rings is 1. The van der Waals surface area contributed by atoms with Crippen LogP contribution in [0.25, 0.3) is 4.96 Å². The van der Waals surface area contributed by atoms with Gasteiger partial charge < -0.3 is 14.8 Å². The molecule has 0 fully saturated rings. The van der Waals surface area contributed by atoms with E-state index in [2.05, 4.69) is 10.3 Å². The molecule has 1 N–H and O–H groups in total. The Labute approximate surface area is 149 Å². The molecule has 3 heterocycles. The van der Waals surface area contributed by atoms with Gasteiger partial charge in [0.05, 0.1) is 18.7 Å². The smallest absolute Gasteiger partial charge is 0.226 e. The van der Waals surface area contributed by atoms with Crippen LogP contribution in [-0.2, 0) is 17.6 Å². The maximum absolute atomic E-state index is 12.4. The summed E-state index contributed by atoms with van der Waals surface area (Å²) in [5.41, 5.74) is 2.00. The lowest BCUT2D eigenvalue weighted by atomic mass is 9.95. The van der Waals surface area contributed by atoms with Crippen LogP contribution in [0.5, 0.6) is 11.5 Å². The zero-order valence-corrected chi connectivity index (χ0v) is 14.7. The molecular formula is C18H19N3O3S. The molecule has 1 aliphatic rings. The molecule has 130 valence electrons. The molecule has 0 bridgehead atoms. The van der Waals surface area contributed by atoms with Crippen molar-refractivity contribution in [3.05, 3.63) is 47.2 Å². The van der Waals surface area contributed by atoms with Crippen molar-refractivity contribution in [2.45, 2.75) is 12.8 Å². The van der Waals surface area contributed by atoms with Gasteiger partial charge in [0.15, 0.2) is 16.5 Å². The maximum Gasteiger partial charge on any atom is 0.226 e. The Kier molecular flexibility index (Phi) is 4.31. The van der Waals surface area contributed by atoms with E-state index < -0.39 is 0 Å². The first-order valence-electron chi connectivity index (χ1n) is 8.22. The molecule has 2 aromatic heterocycles. The van der Waals surface area contributed by atoms with E-state index in [-0.39, 0.29) is 11.8 Å². The number of fused-ring (bicyclic) bond motifs is 2. The highest BCUT2D eigenvalue weighted by Gasteiger charge is 2.27. The van der Waals surface area contributed by atoms with Gasteiger partial charge in [0.2, 0.25) is 5.91 Å². The van der Waals surface area contributed by atoms with Crippen LogP contribution in [0.4, 0.5) is 0 Å². The lowest BCUT2D eigenvalue weighted by molar-refractivity contribution is -0.126. The molecule has 0 saturated heterocycles. The molecule has 3 aromatic rings. The zero-order chi connectivity index (χ0) is 17.2. The number of para-hydroxylation sites is 1. The molecule has 7 heteroatoms. The normalized spacial score (nSPS) is 16.3. The van der Waals surface area contributed by atoms with E-state index in [1.165, 1.54) is 0 Å². The Balaban J connectivity index is 1.33. The monoisotopic (exact) mass is 357 g/mol. The molecule has 1 aliphatic heterocycles. The van der Waals surface area contributed by atoms with Gasteiger partial charge in [-0.3, -0.25) is 9.20 Å². The summed E-state index contributed by atoms with van der Waals surface area (Å²) >= 11 is 1.60. The third-order valence-electron chi connectivity index (χ3n) is 4.37. The van der Waals surface area contributed by atoms with E-state index in [1.54, 1.807) is 18.4 Å². The number of nitrogens with one attached hydrogen (secondary N) is 1. The Morgan fingerprint density at radius 3 is 3.28 bits per heavy atom. The maximum atomic E-state index is 12.4. The molecule has 0 spiro atoms. The molecule has 1 amide bonds. The summed E-state index contributed by atoms with van der Waals surface area (Å²) in [5.74, 6) is 1.32. The van der Waals surface area contributed by atoms with E-state index in [1.807, 2.05) is 40.4 Å². The highest BCUT2D eigenvalue weighted by Crippen LogP contribution is 2.35.